The molecular formula is C28H35N5O3. The van der Waals surface area contributed by atoms with Crippen molar-refractivity contribution in [3.05, 3.63) is 53.2 Å². The van der Waals surface area contributed by atoms with E-state index in [2.05, 4.69) is 27.4 Å². The second-order valence-corrected chi connectivity index (χ2v) is 10.6. The minimum absolute atomic E-state index is 0.0729. The molecule has 0 unspecified atom stereocenters. The third kappa shape index (κ3) is 4.94. The predicted molar refractivity (Wildman–Crippen MR) is 139 cm³/mol. The first kappa shape index (κ1) is 24.3. The molecule has 2 amide bonds. The smallest absolute Gasteiger partial charge is 0.251 e. The number of benzene rings is 1. The highest BCUT2D eigenvalue weighted by Crippen LogP contribution is 2.39. The Hall–Kier alpha value is -3.42. The molecular weight excluding hydrogens is 454 g/mol. The maximum Gasteiger partial charge on any atom is 0.251 e. The van der Waals surface area contributed by atoms with Gasteiger partial charge in [0.25, 0.3) is 11.8 Å². The van der Waals surface area contributed by atoms with Gasteiger partial charge in [-0.1, -0.05) is 6.92 Å². The number of hydrogen-bond donors (Lipinski definition) is 3. The summed E-state index contributed by atoms with van der Waals surface area (Å²) in [6, 6.07) is 9.74. The molecule has 5 rings (SSSR count). The van der Waals surface area contributed by atoms with Gasteiger partial charge in [-0.15, -0.1) is 0 Å². The van der Waals surface area contributed by atoms with Crippen LogP contribution in [-0.4, -0.2) is 46.7 Å². The van der Waals surface area contributed by atoms with Crippen molar-refractivity contribution >= 4 is 29.1 Å². The van der Waals surface area contributed by atoms with E-state index in [-0.39, 0.29) is 29.7 Å². The molecule has 1 aromatic carbocycles. The number of fused-ring (bicyclic) bond motifs is 2. The molecule has 2 bridgehead atoms. The summed E-state index contributed by atoms with van der Waals surface area (Å²) in [4.78, 5) is 44.3. The number of pyridine rings is 1. The molecule has 190 valence electrons. The third-order valence-electron chi connectivity index (χ3n) is 7.87. The van der Waals surface area contributed by atoms with Crippen LogP contribution in [0.25, 0.3) is 0 Å². The highest BCUT2D eigenvalue weighted by atomic mass is 16.2. The van der Waals surface area contributed by atoms with Gasteiger partial charge in [-0.3, -0.25) is 14.4 Å². The molecule has 8 heteroatoms. The standard InChI is InChI=1S/C28H35N5O3/c1-3-16(2)31-24-12-18(6-10-23(24)27(29)35)28(36)32-20-13-21-8-9-22(14-20)33(21)25-11-7-19(15-30-25)26(34)17-4-5-17/h6-7,10-12,15-17,20-22,31H,3-5,8-9,13-14H2,1-2H3,(H2,29,35)(H,32,36)/t16-,20-,21+,22-/m1/s1. The predicted octanol–water partition coefficient (Wildman–Crippen LogP) is 3.91. The fourth-order valence-corrected chi connectivity index (χ4v) is 5.59. The summed E-state index contributed by atoms with van der Waals surface area (Å²) in [6.07, 6.45) is 8.43. The molecule has 4 N–H and O–H groups in total. The lowest BCUT2D eigenvalue weighted by molar-refractivity contribution is 0.0924. The number of nitrogens with two attached hydrogens (primary N) is 1. The molecule has 36 heavy (non-hydrogen) atoms. The maximum absolute atomic E-state index is 13.1. The molecule has 8 nitrogen and oxygen atoms in total. The van der Waals surface area contributed by atoms with E-state index >= 15 is 0 Å². The number of hydrogen-bond acceptors (Lipinski definition) is 6. The van der Waals surface area contributed by atoms with Gasteiger partial charge in [-0.05, 0) is 82.2 Å². The molecule has 2 saturated heterocycles. The Morgan fingerprint density at radius 1 is 1.06 bits per heavy atom. The minimum atomic E-state index is -0.518. The van der Waals surface area contributed by atoms with Crippen molar-refractivity contribution in [3.8, 4) is 0 Å². The Balaban J connectivity index is 1.24. The quantitative estimate of drug-likeness (QED) is 0.460. The van der Waals surface area contributed by atoms with E-state index in [1.807, 2.05) is 19.1 Å². The van der Waals surface area contributed by atoms with Crippen molar-refractivity contribution in [2.45, 2.75) is 83.0 Å². The van der Waals surface area contributed by atoms with Gasteiger partial charge in [0.1, 0.15) is 5.82 Å². The second-order valence-electron chi connectivity index (χ2n) is 10.6. The van der Waals surface area contributed by atoms with Crippen molar-refractivity contribution in [3.63, 3.8) is 0 Å². The maximum atomic E-state index is 13.1. The fraction of sp³-hybridized carbons (Fsp3) is 0.500. The second kappa shape index (κ2) is 9.91. The molecule has 1 aliphatic carbocycles. The lowest BCUT2D eigenvalue weighted by Crippen LogP contribution is -2.50. The summed E-state index contributed by atoms with van der Waals surface area (Å²) in [5, 5.41) is 6.51. The molecule has 2 aromatic rings. The number of amides is 2. The first-order valence-electron chi connectivity index (χ1n) is 13.1. The molecule has 1 saturated carbocycles. The van der Waals surface area contributed by atoms with Crippen molar-refractivity contribution in [1.29, 1.82) is 0 Å². The Bertz CT molecular complexity index is 1150. The number of piperidine rings is 1. The Labute approximate surface area is 212 Å². The van der Waals surface area contributed by atoms with Crippen molar-refractivity contribution < 1.29 is 14.4 Å². The van der Waals surface area contributed by atoms with Crippen molar-refractivity contribution in [2.75, 3.05) is 10.2 Å². The van der Waals surface area contributed by atoms with E-state index in [4.69, 9.17) is 5.73 Å². The largest absolute Gasteiger partial charge is 0.382 e. The first-order chi connectivity index (χ1) is 17.3. The SMILES string of the molecule is CC[C@@H](C)Nc1cc(C(=O)N[C@H]2C[C@H]3CC[C@@H](C2)N3c2ccc(C(=O)C3CC3)cn2)ccc1C(N)=O. The van der Waals surface area contributed by atoms with E-state index in [1.54, 1.807) is 24.4 Å². The number of rotatable bonds is 9. The zero-order valence-corrected chi connectivity index (χ0v) is 21.0. The fourth-order valence-electron chi connectivity index (χ4n) is 5.59. The average Bonchev–Trinajstić information content (AvgIpc) is 3.68. The first-order valence-corrected chi connectivity index (χ1v) is 13.1. The van der Waals surface area contributed by atoms with Crippen molar-refractivity contribution in [1.82, 2.24) is 10.3 Å². The van der Waals surface area contributed by atoms with Gasteiger partial charge in [0.15, 0.2) is 5.78 Å². The molecule has 0 radical (unpaired) electrons. The number of aromatic nitrogens is 1. The van der Waals surface area contributed by atoms with Crippen LogP contribution in [0.3, 0.4) is 0 Å². The van der Waals surface area contributed by atoms with Crippen LogP contribution >= 0.6 is 0 Å². The van der Waals surface area contributed by atoms with Crippen LogP contribution in [0.4, 0.5) is 11.5 Å². The van der Waals surface area contributed by atoms with Gasteiger partial charge in [-0.25, -0.2) is 4.98 Å². The van der Waals surface area contributed by atoms with Crippen LogP contribution in [-0.2, 0) is 0 Å². The summed E-state index contributed by atoms with van der Waals surface area (Å²) >= 11 is 0. The van der Waals surface area contributed by atoms with Gasteiger partial charge in [0, 0.05) is 53.1 Å². The normalized spacial score (nSPS) is 23.7. The summed E-state index contributed by atoms with van der Waals surface area (Å²) < 4.78 is 0. The lowest BCUT2D eigenvalue weighted by atomic mass is 9.96. The molecule has 4 atom stereocenters. The van der Waals surface area contributed by atoms with Crippen LogP contribution in [0, 0.1) is 5.92 Å². The van der Waals surface area contributed by atoms with Crippen LogP contribution < -0.4 is 21.3 Å². The molecule has 2 aliphatic heterocycles. The van der Waals surface area contributed by atoms with Crippen LogP contribution in [0.2, 0.25) is 0 Å². The van der Waals surface area contributed by atoms with E-state index < -0.39 is 5.91 Å². The number of carbonyl (C=O) groups is 3. The van der Waals surface area contributed by atoms with Gasteiger partial charge in [0.2, 0.25) is 0 Å². The van der Waals surface area contributed by atoms with Crippen LogP contribution in [0.1, 0.15) is 89.9 Å². The number of primary amides is 1. The molecule has 1 aromatic heterocycles. The highest BCUT2D eigenvalue weighted by Gasteiger charge is 2.42. The number of Topliss-reactive ketones (excluding diaryl/α,β-unsaturated/α-hetero) is 1. The monoisotopic (exact) mass is 489 g/mol. The average molecular weight is 490 g/mol. The summed E-state index contributed by atoms with van der Waals surface area (Å²) in [6.45, 7) is 4.07. The number of nitrogens with one attached hydrogen (secondary N) is 2. The topological polar surface area (TPSA) is 117 Å². The van der Waals surface area contributed by atoms with Crippen LogP contribution in [0.15, 0.2) is 36.5 Å². The number of nitrogens with zero attached hydrogens (tertiary/aromatic N) is 2. The lowest BCUT2D eigenvalue weighted by Gasteiger charge is -2.40. The van der Waals surface area contributed by atoms with Crippen LogP contribution in [0.5, 0.6) is 0 Å². The van der Waals surface area contributed by atoms with E-state index in [9.17, 15) is 14.4 Å². The molecule has 0 spiro atoms. The summed E-state index contributed by atoms with van der Waals surface area (Å²) in [7, 11) is 0. The Morgan fingerprint density at radius 3 is 2.33 bits per heavy atom. The Morgan fingerprint density at radius 2 is 1.75 bits per heavy atom. The summed E-state index contributed by atoms with van der Waals surface area (Å²) in [5.41, 5.74) is 7.74. The number of ketones is 1. The molecule has 3 heterocycles. The minimum Gasteiger partial charge on any atom is -0.382 e. The number of carbonyl (C=O) groups excluding carboxylic acids is 3. The zero-order valence-electron chi connectivity index (χ0n) is 21.0. The van der Waals surface area contributed by atoms with E-state index in [1.165, 1.54) is 0 Å². The third-order valence-corrected chi connectivity index (χ3v) is 7.87. The Kier molecular flexibility index (Phi) is 6.69. The molecule has 3 aliphatic rings. The molecule has 3 fully saturated rings. The highest BCUT2D eigenvalue weighted by molar-refractivity contribution is 6.02. The van der Waals surface area contributed by atoms with Gasteiger partial charge in [-0.2, -0.15) is 0 Å². The van der Waals surface area contributed by atoms with Gasteiger partial charge < -0.3 is 21.3 Å². The summed E-state index contributed by atoms with van der Waals surface area (Å²) in [5.74, 6) is 0.668. The van der Waals surface area contributed by atoms with Gasteiger partial charge >= 0.3 is 0 Å². The number of anilines is 2. The zero-order chi connectivity index (χ0) is 25.4. The van der Waals surface area contributed by atoms with E-state index in [0.717, 1.165) is 50.8 Å². The van der Waals surface area contributed by atoms with Gasteiger partial charge in [0.05, 0.1) is 5.56 Å². The van der Waals surface area contributed by atoms with E-state index in [0.29, 0.717) is 34.5 Å². The van der Waals surface area contributed by atoms with Crippen molar-refractivity contribution in [2.24, 2.45) is 11.7 Å².